The van der Waals surface area contributed by atoms with Crippen molar-refractivity contribution in [1.29, 1.82) is 0 Å². The van der Waals surface area contributed by atoms with Crippen molar-refractivity contribution in [3.05, 3.63) is 28.7 Å². The van der Waals surface area contributed by atoms with Gasteiger partial charge in [-0.15, -0.1) is 0 Å². The van der Waals surface area contributed by atoms with E-state index in [1.807, 2.05) is 13.0 Å². The normalized spacial score (nSPS) is 19.6. The maximum absolute atomic E-state index is 12.8. The van der Waals surface area contributed by atoms with Crippen molar-refractivity contribution in [2.24, 2.45) is 0 Å². The Bertz CT molecular complexity index is 542. The summed E-state index contributed by atoms with van der Waals surface area (Å²) in [7, 11) is -3.43. The van der Waals surface area contributed by atoms with Crippen LogP contribution in [0.15, 0.2) is 33.6 Å². The Balaban J connectivity index is 2.24. The summed E-state index contributed by atoms with van der Waals surface area (Å²) in [4.78, 5) is 0.353. The molecule has 112 valence electrons. The Morgan fingerprint density at radius 3 is 2.75 bits per heavy atom. The van der Waals surface area contributed by atoms with Crippen LogP contribution in [0.4, 0.5) is 0 Å². The summed E-state index contributed by atoms with van der Waals surface area (Å²) in [5.41, 5.74) is 0. The highest BCUT2D eigenvalue weighted by Gasteiger charge is 2.28. The molecule has 1 heterocycles. The standard InChI is InChI=1S/C14H21BrN2O2S/c1-2-10-17(11-12-6-5-9-16-12)20(18,19)14-8-4-3-7-13(14)15/h3-4,7-8,12,16H,2,5-6,9-11H2,1H3. The fourth-order valence-electron chi connectivity index (χ4n) is 2.51. The summed E-state index contributed by atoms with van der Waals surface area (Å²) >= 11 is 3.34. The molecule has 1 aliphatic heterocycles. The van der Waals surface area contributed by atoms with Crippen LogP contribution in [0.25, 0.3) is 0 Å². The highest BCUT2D eigenvalue weighted by atomic mass is 79.9. The Kier molecular flexibility index (Phi) is 5.60. The molecule has 1 atom stereocenters. The van der Waals surface area contributed by atoms with Gasteiger partial charge in [0.05, 0.1) is 4.90 Å². The first-order valence-corrected chi connectivity index (χ1v) is 9.27. The van der Waals surface area contributed by atoms with Gasteiger partial charge in [-0.1, -0.05) is 19.1 Å². The maximum atomic E-state index is 12.8. The molecule has 1 unspecified atom stereocenters. The van der Waals surface area contributed by atoms with E-state index in [1.165, 1.54) is 0 Å². The van der Waals surface area contributed by atoms with Gasteiger partial charge in [0, 0.05) is 23.6 Å². The highest BCUT2D eigenvalue weighted by Crippen LogP contribution is 2.25. The molecule has 0 amide bonds. The van der Waals surface area contributed by atoms with Crippen LogP contribution in [0.1, 0.15) is 26.2 Å². The van der Waals surface area contributed by atoms with E-state index in [9.17, 15) is 8.42 Å². The zero-order chi connectivity index (χ0) is 14.6. The molecule has 0 aliphatic carbocycles. The summed E-state index contributed by atoms with van der Waals surface area (Å²) in [5.74, 6) is 0. The quantitative estimate of drug-likeness (QED) is 0.847. The summed E-state index contributed by atoms with van der Waals surface area (Å²) < 4.78 is 27.8. The van der Waals surface area contributed by atoms with Gasteiger partial charge in [0.25, 0.3) is 0 Å². The first-order chi connectivity index (χ1) is 9.55. The van der Waals surface area contributed by atoms with Gasteiger partial charge in [-0.05, 0) is 53.9 Å². The zero-order valence-electron chi connectivity index (χ0n) is 11.7. The first-order valence-electron chi connectivity index (χ1n) is 7.03. The lowest BCUT2D eigenvalue weighted by atomic mass is 10.2. The summed E-state index contributed by atoms with van der Waals surface area (Å²) in [6, 6.07) is 7.29. The van der Waals surface area contributed by atoms with Crippen molar-refractivity contribution in [2.75, 3.05) is 19.6 Å². The van der Waals surface area contributed by atoms with E-state index in [2.05, 4.69) is 21.2 Å². The van der Waals surface area contributed by atoms with Gasteiger partial charge < -0.3 is 5.32 Å². The predicted molar refractivity (Wildman–Crippen MR) is 84.2 cm³/mol. The number of sulfonamides is 1. The lowest BCUT2D eigenvalue weighted by molar-refractivity contribution is 0.369. The topological polar surface area (TPSA) is 49.4 Å². The van der Waals surface area contributed by atoms with E-state index in [0.29, 0.717) is 22.5 Å². The third-order valence-corrected chi connectivity index (χ3v) is 6.39. The van der Waals surface area contributed by atoms with Crippen molar-refractivity contribution in [2.45, 2.75) is 37.1 Å². The third kappa shape index (κ3) is 3.61. The van der Waals surface area contributed by atoms with Crippen molar-refractivity contribution < 1.29 is 8.42 Å². The fraction of sp³-hybridized carbons (Fsp3) is 0.571. The van der Waals surface area contributed by atoms with Crippen molar-refractivity contribution in [3.63, 3.8) is 0 Å². The number of rotatable bonds is 6. The predicted octanol–water partition coefficient (Wildman–Crippen LogP) is 2.60. The van der Waals surface area contributed by atoms with Crippen LogP contribution in [0.3, 0.4) is 0 Å². The minimum absolute atomic E-state index is 0.277. The average Bonchev–Trinajstić information content (AvgIpc) is 2.91. The third-order valence-electron chi connectivity index (χ3n) is 3.51. The number of nitrogens with one attached hydrogen (secondary N) is 1. The van der Waals surface area contributed by atoms with Crippen LogP contribution >= 0.6 is 15.9 Å². The van der Waals surface area contributed by atoms with Crippen LogP contribution in [0, 0.1) is 0 Å². The molecule has 0 spiro atoms. The molecule has 0 radical (unpaired) electrons. The lowest BCUT2D eigenvalue weighted by Gasteiger charge is -2.25. The van der Waals surface area contributed by atoms with Gasteiger partial charge in [0.15, 0.2) is 0 Å². The van der Waals surface area contributed by atoms with Crippen LogP contribution in [0.5, 0.6) is 0 Å². The first kappa shape index (κ1) is 15.9. The monoisotopic (exact) mass is 360 g/mol. The molecule has 1 fully saturated rings. The van der Waals surface area contributed by atoms with Gasteiger partial charge in [-0.3, -0.25) is 0 Å². The molecule has 20 heavy (non-hydrogen) atoms. The summed E-state index contributed by atoms with van der Waals surface area (Å²) in [6.45, 7) is 4.10. The fourth-order valence-corrected chi connectivity index (χ4v) is 5.05. The molecule has 0 bridgehead atoms. The van der Waals surface area contributed by atoms with Gasteiger partial charge in [-0.2, -0.15) is 4.31 Å². The van der Waals surface area contributed by atoms with E-state index < -0.39 is 10.0 Å². The smallest absolute Gasteiger partial charge is 0.244 e. The van der Waals surface area contributed by atoms with Gasteiger partial charge >= 0.3 is 0 Å². The molecule has 0 aromatic heterocycles. The molecule has 1 saturated heterocycles. The SMILES string of the molecule is CCCN(CC1CCCN1)S(=O)(=O)c1ccccc1Br. The minimum Gasteiger partial charge on any atom is -0.313 e. The molecule has 0 saturated carbocycles. The Morgan fingerprint density at radius 1 is 1.40 bits per heavy atom. The van der Waals surface area contributed by atoms with Crippen LogP contribution in [-0.2, 0) is 10.0 Å². The molecule has 4 nitrogen and oxygen atoms in total. The number of benzene rings is 1. The van der Waals surface area contributed by atoms with E-state index in [0.717, 1.165) is 25.8 Å². The molecule has 1 aromatic carbocycles. The second-order valence-corrected chi connectivity index (χ2v) is 7.85. The zero-order valence-corrected chi connectivity index (χ0v) is 14.1. The Labute approximate surface area is 129 Å². The maximum Gasteiger partial charge on any atom is 0.244 e. The lowest BCUT2D eigenvalue weighted by Crippen LogP contribution is -2.41. The molecular formula is C14H21BrN2O2S. The molecule has 6 heteroatoms. The largest absolute Gasteiger partial charge is 0.313 e. The van der Waals surface area contributed by atoms with Gasteiger partial charge in [0.2, 0.25) is 10.0 Å². The number of nitrogens with zero attached hydrogens (tertiary/aromatic N) is 1. The van der Waals surface area contributed by atoms with Crippen LogP contribution in [-0.4, -0.2) is 38.4 Å². The van der Waals surface area contributed by atoms with Crippen LogP contribution < -0.4 is 5.32 Å². The Morgan fingerprint density at radius 2 is 2.15 bits per heavy atom. The second-order valence-electron chi connectivity index (χ2n) is 5.09. The van der Waals surface area contributed by atoms with E-state index in [1.54, 1.807) is 22.5 Å². The van der Waals surface area contributed by atoms with E-state index in [4.69, 9.17) is 0 Å². The number of hydrogen-bond acceptors (Lipinski definition) is 3. The molecular weight excluding hydrogens is 340 g/mol. The summed E-state index contributed by atoms with van der Waals surface area (Å²) in [6.07, 6.45) is 2.99. The van der Waals surface area contributed by atoms with Crippen molar-refractivity contribution in [3.8, 4) is 0 Å². The van der Waals surface area contributed by atoms with Gasteiger partial charge in [0.1, 0.15) is 0 Å². The average molecular weight is 361 g/mol. The number of hydrogen-bond donors (Lipinski definition) is 1. The summed E-state index contributed by atoms with van der Waals surface area (Å²) in [5, 5.41) is 3.37. The van der Waals surface area contributed by atoms with E-state index in [-0.39, 0.29) is 6.04 Å². The van der Waals surface area contributed by atoms with Gasteiger partial charge in [-0.25, -0.2) is 8.42 Å². The van der Waals surface area contributed by atoms with Crippen LogP contribution in [0.2, 0.25) is 0 Å². The van der Waals surface area contributed by atoms with Crippen molar-refractivity contribution >= 4 is 26.0 Å². The molecule has 1 N–H and O–H groups in total. The second kappa shape index (κ2) is 7.02. The minimum atomic E-state index is -3.43. The van der Waals surface area contributed by atoms with E-state index >= 15 is 0 Å². The number of halogens is 1. The Hall–Kier alpha value is -0.430. The molecule has 1 aromatic rings. The molecule has 2 rings (SSSR count). The highest BCUT2D eigenvalue weighted by molar-refractivity contribution is 9.10. The molecule has 1 aliphatic rings. The van der Waals surface area contributed by atoms with Crippen molar-refractivity contribution in [1.82, 2.24) is 9.62 Å².